The van der Waals surface area contributed by atoms with Crippen molar-refractivity contribution in [3.05, 3.63) is 35.9 Å². The maximum absolute atomic E-state index is 11.3. The van der Waals surface area contributed by atoms with Gasteiger partial charge in [-0.2, -0.15) is 0 Å². The van der Waals surface area contributed by atoms with Gasteiger partial charge in [0, 0.05) is 6.54 Å². The molecule has 3 amide bonds. The van der Waals surface area contributed by atoms with E-state index < -0.39 is 11.9 Å². The number of carbonyl (C=O) groups is 2. The van der Waals surface area contributed by atoms with E-state index in [9.17, 15) is 9.59 Å². The molecule has 0 radical (unpaired) electrons. The second-order valence-electron chi connectivity index (χ2n) is 3.91. The van der Waals surface area contributed by atoms with Crippen LogP contribution in [0.4, 0.5) is 9.93 Å². The lowest BCUT2D eigenvalue weighted by Gasteiger charge is -2.01. The lowest BCUT2D eigenvalue weighted by molar-refractivity contribution is -0.117. The molecule has 0 saturated carbocycles. The van der Waals surface area contributed by atoms with Crippen LogP contribution >= 0.6 is 23.1 Å². The highest BCUT2D eigenvalue weighted by atomic mass is 32.2. The predicted octanol–water partition coefficient (Wildman–Crippen LogP) is 1.44. The van der Waals surface area contributed by atoms with Crippen LogP contribution in [-0.2, 0) is 11.3 Å². The van der Waals surface area contributed by atoms with Gasteiger partial charge in [-0.25, -0.2) is 4.79 Å². The van der Waals surface area contributed by atoms with Crippen LogP contribution in [0.15, 0.2) is 34.7 Å². The lowest BCUT2D eigenvalue weighted by Crippen LogP contribution is -2.36. The zero-order valence-electron chi connectivity index (χ0n) is 10.9. The zero-order chi connectivity index (χ0) is 15.1. The van der Waals surface area contributed by atoms with E-state index in [0.29, 0.717) is 16.0 Å². The van der Waals surface area contributed by atoms with E-state index >= 15 is 0 Å². The van der Waals surface area contributed by atoms with Gasteiger partial charge in [-0.05, 0) is 5.56 Å². The molecular formula is C12H13N5O2S2. The minimum Gasteiger partial charge on any atom is -0.356 e. The first-order valence-corrected chi connectivity index (χ1v) is 7.77. The SMILES string of the molecule is NC(=O)NC(=O)CSc1nnc(NCc2ccccc2)s1. The van der Waals surface area contributed by atoms with E-state index in [-0.39, 0.29) is 5.75 Å². The average molecular weight is 323 g/mol. The first-order valence-electron chi connectivity index (χ1n) is 5.97. The van der Waals surface area contributed by atoms with Crippen LogP contribution in [-0.4, -0.2) is 27.9 Å². The topological polar surface area (TPSA) is 110 Å². The molecule has 9 heteroatoms. The number of anilines is 1. The van der Waals surface area contributed by atoms with E-state index in [1.54, 1.807) is 0 Å². The van der Waals surface area contributed by atoms with Crippen LogP contribution in [0.2, 0.25) is 0 Å². The molecule has 1 aromatic carbocycles. The predicted molar refractivity (Wildman–Crippen MR) is 82.1 cm³/mol. The normalized spacial score (nSPS) is 10.1. The van der Waals surface area contributed by atoms with Crippen LogP contribution in [0, 0.1) is 0 Å². The number of amides is 3. The molecule has 0 aliphatic carbocycles. The summed E-state index contributed by atoms with van der Waals surface area (Å²) < 4.78 is 0.644. The van der Waals surface area contributed by atoms with E-state index in [1.165, 1.54) is 23.1 Å². The van der Waals surface area contributed by atoms with Crippen molar-refractivity contribution in [1.82, 2.24) is 15.5 Å². The standard InChI is InChI=1S/C12H13N5O2S2/c13-10(19)15-9(18)7-20-12-17-16-11(21-12)14-6-8-4-2-1-3-5-8/h1-5H,6-7H2,(H,14,16)(H3,13,15,18,19). The van der Waals surface area contributed by atoms with Gasteiger partial charge in [-0.1, -0.05) is 53.4 Å². The minimum absolute atomic E-state index is 0.0657. The van der Waals surface area contributed by atoms with Crippen molar-refractivity contribution in [3.8, 4) is 0 Å². The number of nitrogens with one attached hydrogen (secondary N) is 2. The molecule has 4 N–H and O–H groups in total. The molecule has 21 heavy (non-hydrogen) atoms. The third-order valence-corrected chi connectivity index (χ3v) is 4.30. The molecule has 7 nitrogen and oxygen atoms in total. The largest absolute Gasteiger partial charge is 0.356 e. The number of hydrogen-bond donors (Lipinski definition) is 3. The van der Waals surface area contributed by atoms with Crippen molar-refractivity contribution in [2.75, 3.05) is 11.1 Å². The number of primary amides is 1. The fraction of sp³-hybridized carbons (Fsp3) is 0.167. The van der Waals surface area contributed by atoms with Gasteiger partial charge in [0.15, 0.2) is 4.34 Å². The van der Waals surface area contributed by atoms with Gasteiger partial charge < -0.3 is 11.1 Å². The number of nitrogens with zero attached hydrogens (tertiary/aromatic N) is 2. The molecule has 0 aliphatic heterocycles. The maximum Gasteiger partial charge on any atom is 0.318 e. The van der Waals surface area contributed by atoms with Crippen molar-refractivity contribution >= 4 is 40.2 Å². The van der Waals surface area contributed by atoms with Gasteiger partial charge in [-0.15, -0.1) is 10.2 Å². The van der Waals surface area contributed by atoms with E-state index in [1.807, 2.05) is 35.6 Å². The Morgan fingerprint density at radius 1 is 1.24 bits per heavy atom. The number of aromatic nitrogens is 2. The Balaban J connectivity index is 1.79. The molecule has 2 rings (SSSR count). The highest BCUT2D eigenvalue weighted by Crippen LogP contribution is 2.25. The molecule has 110 valence electrons. The highest BCUT2D eigenvalue weighted by Gasteiger charge is 2.09. The summed E-state index contributed by atoms with van der Waals surface area (Å²) in [7, 11) is 0. The number of rotatable bonds is 6. The van der Waals surface area contributed by atoms with Gasteiger partial charge in [-0.3, -0.25) is 10.1 Å². The first kappa shape index (κ1) is 15.3. The highest BCUT2D eigenvalue weighted by molar-refractivity contribution is 8.01. The third kappa shape index (κ3) is 5.40. The Morgan fingerprint density at radius 2 is 2.00 bits per heavy atom. The summed E-state index contributed by atoms with van der Waals surface area (Å²) >= 11 is 2.54. The summed E-state index contributed by atoms with van der Waals surface area (Å²) in [5.74, 6) is -0.391. The summed E-state index contributed by atoms with van der Waals surface area (Å²) in [5.41, 5.74) is 5.99. The Labute approximate surface area is 129 Å². The summed E-state index contributed by atoms with van der Waals surface area (Å²) in [6.45, 7) is 0.655. The number of carbonyl (C=O) groups excluding carboxylic acids is 2. The molecular weight excluding hydrogens is 310 g/mol. The van der Waals surface area contributed by atoms with Crippen molar-refractivity contribution in [2.24, 2.45) is 5.73 Å². The van der Waals surface area contributed by atoms with Crippen LogP contribution < -0.4 is 16.4 Å². The zero-order valence-corrected chi connectivity index (χ0v) is 12.5. The molecule has 0 saturated heterocycles. The number of urea groups is 1. The summed E-state index contributed by atoms with van der Waals surface area (Å²) in [6, 6.07) is 9.06. The second-order valence-corrected chi connectivity index (χ2v) is 6.11. The van der Waals surface area contributed by atoms with E-state index in [0.717, 1.165) is 5.56 Å². The summed E-state index contributed by atoms with van der Waals surface area (Å²) in [6.07, 6.45) is 0. The third-order valence-electron chi connectivity index (χ3n) is 2.28. The van der Waals surface area contributed by atoms with Gasteiger partial charge in [0.25, 0.3) is 0 Å². The van der Waals surface area contributed by atoms with Crippen molar-refractivity contribution in [1.29, 1.82) is 0 Å². The molecule has 0 spiro atoms. The van der Waals surface area contributed by atoms with Gasteiger partial charge >= 0.3 is 6.03 Å². The lowest BCUT2D eigenvalue weighted by atomic mass is 10.2. The number of thioether (sulfide) groups is 1. The second kappa shape index (κ2) is 7.60. The minimum atomic E-state index is -0.858. The smallest absolute Gasteiger partial charge is 0.318 e. The van der Waals surface area contributed by atoms with Crippen molar-refractivity contribution < 1.29 is 9.59 Å². The molecule has 2 aromatic rings. The van der Waals surface area contributed by atoms with E-state index in [4.69, 9.17) is 5.73 Å². The molecule has 0 atom stereocenters. The number of hydrogen-bond acceptors (Lipinski definition) is 7. The van der Waals surface area contributed by atoms with Crippen LogP contribution in [0.3, 0.4) is 0 Å². The summed E-state index contributed by atoms with van der Waals surface area (Å²) in [4.78, 5) is 21.7. The molecule has 0 bridgehead atoms. The first-order chi connectivity index (χ1) is 10.1. The molecule has 1 aromatic heterocycles. The quantitative estimate of drug-likeness (QED) is 0.694. The van der Waals surface area contributed by atoms with Gasteiger partial charge in [0.05, 0.1) is 5.75 Å². The molecule has 1 heterocycles. The van der Waals surface area contributed by atoms with Crippen LogP contribution in [0.5, 0.6) is 0 Å². The van der Waals surface area contributed by atoms with Crippen molar-refractivity contribution in [2.45, 2.75) is 10.9 Å². The van der Waals surface area contributed by atoms with Crippen LogP contribution in [0.25, 0.3) is 0 Å². The molecule has 0 unspecified atom stereocenters. The molecule has 0 fully saturated rings. The fourth-order valence-electron chi connectivity index (χ4n) is 1.41. The van der Waals surface area contributed by atoms with Crippen molar-refractivity contribution in [3.63, 3.8) is 0 Å². The Bertz CT molecular complexity index is 617. The maximum atomic E-state index is 11.3. The Kier molecular flexibility index (Phi) is 5.52. The number of imide groups is 1. The monoisotopic (exact) mass is 323 g/mol. The van der Waals surface area contributed by atoms with Gasteiger partial charge in [0.1, 0.15) is 0 Å². The van der Waals surface area contributed by atoms with Gasteiger partial charge in [0.2, 0.25) is 11.0 Å². The Hall–Kier alpha value is -2.13. The molecule has 0 aliphatic rings. The average Bonchev–Trinajstić information content (AvgIpc) is 2.91. The summed E-state index contributed by atoms with van der Waals surface area (Å²) in [5, 5.41) is 13.8. The van der Waals surface area contributed by atoms with E-state index in [2.05, 4.69) is 15.5 Å². The number of nitrogens with two attached hydrogens (primary N) is 1. The van der Waals surface area contributed by atoms with Crippen LogP contribution in [0.1, 0.15) is 5.56 Å². The number of benzene rings is 1. The Morgan fingerprint density at radius 3 is 2.71 bits per heavy atom. The fourth-order valence-corrected chi connectivity index (χ4v) is 2.96.